The summed E-state index contributed by atoms with van der Waals surface area (Å²) >= 11 is 0. The Morgan fingerprint density at radius 1 is 1.36 bits per heavy atom. The monoisotopic (exact) mass is 194 g/mol. The number of nitrogens with zero attached hydrogens (tertiary/aromatic N) is 1. The lowest BCUT2D eigenvalue weighted by Crippen LogP contribution is -1.89. The van der Waals surface area contributed by atoms with Crippen molar-refractivity contribution in [3.05, 3.63) is 46.5 Å². The predicted octanol–water partition coefficient (Wildman–Crippen LogP) is 2.07. The van der Waals surface area contributed by atoms with Crippen molar-refractivity contribution in [3.63, 3.8) is 0 Å². The molecule has 0 aliphatic rings. The van der Waals surface area contributed by atoms with Crippen LogP contribution in [0.4, 0.5) is 5.69 Å². The van der Waals surface area contributed by atoms with Gasteiger partial charge >= 0.3 is 0 Å². The number of nitro benzene ring substituents is 1. The Hall–Kier alpha value is -1.68. The normalized spacial score (nSPS) is 8.43. The van der Waals surface area contributed by atoms with E-state index >= 15 is 0 Å². The first-order valence-corrected chi connectivity index (χ1v) is 4.11. The molecule has 4 nitrogen and oxygen atoms in total. The van der Waals surface area contributed by atoms with Crippen molar-refractivity contribution in [2.24, 2.45) is 0 Å². The number of non-ortho nitro benzene ring substituents is 1. The van der Waals surface area contributed by atoms with Crippen LogP contribution in [0.5, 0.6) is 0 Å². The van der Waals surface area contributed by atoms with Crippen LogP contribution in [0.15, 0.2) is 30.8 Å². The Labute approximate surface area is 83.4 Å². The third kappa shape index (κ3) is 4.37. The van der Waals surface area contributed by atoms with Crippen molar-refractivity contribution >= 4 is 11.8 Å². The molecule has 0 amide bonds. The third-order valence-electron chi connectivity index (χ3n) is 1.34. The highest BCUT2D eigenvalue weighted by Gasteiger charge is 2.01. The standard InChI is InChI=1S/C8H7NO2.C2H7N/c1-2-7-3-5-8(6-4-7)9(10)11;1-3-2/h2-6H,1H2;3H,1-2H3. The molecule has 1 aromatic rings. The molecule has 14 heavy (non-hydrogen) atoms. The first kappa shape index (κ1) is 12.3. The molecule has 0 spiro atoms. The molecule has 4 heteroatoms. The molecule has 0 aliphatic carbocycles. The number of nitrogens with one attached hydrogen (secondary N) is 1. The predicted molar refractivity (Wildman–Crippen MR) is 58.2 cm³/mol. The molecule has 0 aromatic heterocycles. The number of hydrogen-bond donors (Lipinski definition) is 1. The summed E-state index contributed by atoms with van der Waals surface area (Å²) in [6.45, 7) is 3.54. The molecule has 0 radical (unpaired) electrons. The smallest absolute Gasteiger partial charge is 0.269 e. The van der Waals surface area contributed by atoms with Gasteiger partial charge in [-0.2, -0.15) is 0 Å². The lowest BCUT2D eigenvalue weighted by Gasteiger charge is -1.91. The minimum Gasteiger partial charge on any atom is -0.323 e. The molecular formula is C10H14N2O2. The second-order valence-corrected chi connectivity index (χ2v) is 2.55. The van der Waals surface area contributed by atoms with Crippen LogP contribution >= 0.6 is 0 Å². The quantitative estimate of drug-likeness (QED) is 0.579. The second kappa shape index (κ2) is 6.80. The molecule has 0 heterocycles. The maximum absolute atomic E-state index is 10.2. The van der Waals surface area contributed by atoms with Crippen LogP contribution in [-0.2, 0) is 0 Å². The summed E-state index contributed by atoms with van der Waals surface area (Å²) in [7, 11) is 3.75. The molecule has 76 valence electrons. The summed E-state index contributed by atoms with van der Waals surface area (Å²) in [4.78, 5) is 9.76. The van der Waals surface area contributed by atoms with Gasteiger partial charge in [0.2, 0.25) is 0 Å². The maximum Gasteiger partial charge on any atom is 0.269 e. The molecule has 0 aliphatic heterocycles. The van der Waals surface area contributed by atoms with Crippen LogP contribution < -0.4 is 5.32 Å². The molecule has 0 saturated carbocycles. The Morgan fingerprint density at radius 2 is 1.79 bits per heavy atom. The van der Waals surface area contributed by atoms with Crippen LogP contribution in [0.1, 0.15) is 5.56 Å². The summed E-state index contributed by atoms with van der Waals surface area (Å²) in [6.07, 6.45) is 1.64. The van der Waals surface area contributed by atoms with Gasteiger partial charge in [0.25, 0.3) is 5.69 Å². The second-order valence-electron chi connectivity index (χ2n) is 2.55. The molecule has 1 aromatic carbocycles. The van der Waals surface area contributed by atoms with E-state index in [0.717, 1.165) is 5.56 Å². The van der Waals surface area contributed by atoms with E-state index in [0.29, 0.717) is 0 Å². The Kier molecular flexibility index (Phi) is 5.98. The molecule has 0 bridgehead atoms. The number of benzene rings is 1. The zero-order chi connectivity index (χ0) is 11.0. The number of rotatable bonds is 2. The number of nitro groups is 1. The van der Waals surface area contributed by atoms with Crippen LogP contribution in [0, 0.1) is 10.1 Å². The Morgan fingerprint density at radius 3 is 2.07 bits per heavy atom. The molecule has 1 rings (SSSR count). The van der Waals surface area contributed by atoms with E-state index in [9.17, 15) is 10.1 Å². The minimum absolute atomic E-state index is 0.107. The first-order valence-electron chi connectivity index (χ1n) is 4.11. The van der Waals surface area contributed by atoms with Crippen LogP contribution in [-0.4, -0.2) is 19.0 Å². The Balaban J connectivity index is 0.000000500. The lowest BCUT2D eigenvalue weighted by molar-refractivity contribution is -0.384. The van der Waals surface area contributed by atoms with E-state index in [1.54, 1.807) is 18.2 Å². The van der Waals surface area contributed by atoms with Gasteiger partial charge in [-0.25, -0.2) is 0 Å². The fraction of sp³-hybridized carbons (Fsp3) is 0.200. The van der Waals surface area contributed by atoms with Gasteiger partial charge in [-0.1, -0.05) is 12.7 Å². The van der Waals surface area contributed by atoms with E-state index in [2.05, 4.69) is 11.9 Å². The van der Waals surface area contributed by atoms with Crippen LogP contribution in [0.3, 0.4) is 0 Å². The molecule has 0 saturated heterocycles. The van der Waals surface area contributed by atoms with E-state index in [1.807, 2.05) is 14.1 Å². The molecule has 0 unspecified atom stereocenters. The maximum atomic E-state index is 10.2. The molecule has 0 atom stereocenters. The van der Waals surface area contributed by atoms with Gasteiger partial charge in [0.15, 0.2) is 0 Å². The zero-order valence-corrected chi connectivity index (χ0v) is 8.36. The lowest BCUT2D eigenvalue weighted by atomic mass is 10.2. The SMILES string of the molecule is C=Cc1ccc([N+](=O)[O-])cc1.CNC. The highest BCUT2D eigenvalue weighted by atomic mass is 16.6. The summed E-state index contributed by atoms with van der Waals surface area (Å²) < 4.78 is 0. The van der Waals surface area contributed by atoms with Crippen molar-refractivity contribution in [1.29, 1.82) is 0 Å². The van der Waals surface area contributed by atoms with Crippen molar-refractivity contribution in [1.82, 2.24) is 5.32 Å². The van der Waals surface area contributed by atoms with Gasteiger partial charge in [-0.15, -0.1) is 0 Å². The topological polar surface area (TPSA) is 55.2 Å². The van der Waals surface area contributed by atoms with Gasteiger partial charge in [-0.05, 0) is 31.8 Å². The fourth-order valence-electron chi connectivity index (χ4n) is 0.732. The average Bonchev–Trinajstić information content (AvgIpc) is 2.19. The summed E-state index contributed by atoms with van der Waals surface area (Å²) in [5.74, 6) is 0. The van der Waals surface area contributed by atoms with E-state index in [-0.39, 0.29) is 5.69 Å². The first-order chi connectivity index (χ1) is 6.65. The minimum atomic E-state index is -0.424. The molecular weight excluding hydrogens is 180 g/mol. The van der Waals surface area contributed by atoms with Crippen molar-refractivity contribution in [3.8, 4) is 0 Å². The van der Waals surface area contributed by atoms with E-state index < -0.39 is 4.92 Å². The number of hydrogen-bond acceptors (Lipinski definition) is 3. The summed E-state index contributed by atoms with van der Waals surface area (Å²) in [6, 6.07) is 6.23. The highest BCUT2D eigenvalue weighted by molar-refractivity contribution is 5.49. The third-order valence-corrected chi connectivity index (χ3v) is 1.34. The molecule has 0 fully saturated rings. The van der Waals surface area contributed by atoms with Crippen molar-refractivity contribution in [2.75, 3.05) is 14.1 Å². The largest absolute Gasteiger partial charge is 0.323 e. The summed E-state index contributed by atoms with van der Waals surface area (Å²) in [5.41, 5.74) is 0.992. The van der Waals surface area contributed by atoms with Crippen LogP contribution in [0.2, 0.25) is 0 Å². The van der Waals surface area contributed by atoms with E-state index in [1.165, 1.54) is 12.1 Å². The van der Waals surface area contributed by atoms with Gasteiger partial charge in [0.05, 0.1) is 4.92 Å². The van der Waals surface area contributed by atoms with Crippen molar-refractivity contribution < 1.29 is 4.92 Å². The zero-order valence-electron chi connectivity index (χ0n) is 8.36. The highest BCUT2D eigenvalue weighted by Crippen LogP contribution is 2.11. The van der Waals surface area contributed by atoms with Gasteiger partial charge in [-0.3, -0.25) is 10.1 Å². The molecule has 1 N–H and O–H groups in total. The van der Waals surface area contributed by atoms with Crippen molar-refractivity contribution in [2.45, 2.75) is 0 Å². The van der Waals surface area contributed by atoms with Crippen LogP contribution in [0.25, 0.3) is 6.08 Å². The summed E-state index contributed by atoms with van der Waals surface area (Å²) in [5, 5.41) is 12.9. The van der Waals surface area contributed by atoms with Gasteiger partial charge in [0.1, 0.15) is 0 Å². The Bertz CT molecular complexity index is 293. The van der Waals surface area contributed by atoms with Gasteiger partial charge < -0.3 is 5.32 Å². The van der Waals surface area contributed by atoms with Gasteiger partial charge in [0, 0.05) is 12.1 Å². The van der Waals surface area contributed by atoms with E-state index in [4.69, 9.17) is 0 Å². The average molecular weight is 194 g/mol. The fourth-order valence-corrected chi connectivity index (χ4v) is 0.732.